The van der Waals surface area contributed by atoms with Gasteiger partial charge in [0.25, 0.3) is 11.8 Å². The van der Waals surface area contributed by atoms with Gasteiger partial charge in [-0.3, -0.25) is 9.59 Å². The zero-order valence-electron chi connectivity index (χ0n) is 17.7. The van der Waals surface area contributed by atoms with Crippen LogP contribution in [-0.4, -0.2) is 18.4 Å². The zero-order chi connectivity index (χ0) is 22.5. The van der Waals surface area contributed by atoms with Crippen LogP contribution in [0.25, 0.3) is 6.08 Å². The van der Waals surface area contributed by atoms with E-state index in [1.807, 2.05) is 49.4 Å². The van der Waals surface area contributed by atoms with Crippen LogP contribution >= 0.6 is 11.8 Å². The third-order valence-electron chi connectivity index (χ3n) is 5.12. The van der Waals surface area contributed by atoms with Crippen LogP contribution in [0.1, 0.15) is 34.8 Å². The van der Waals surface area contributed by atoms with Crippen LogP contribution in [0.5, 0.6) is 0 Å². The van der Waals surface area contributed by atoms with Gasteiger partial charge in [-0.1, -0.05) is 61.2 Å². The zero-order valence-corrected chi connectivity index (χ0v) is 18.5. The van der Waals surface area contributed by atoms with Gasteiger partial charge in [-0.15, -0.1) is 0 Å². The summed E-state index contributed by atoms with van der Waals surface area (Å²) in [6.07, 6.45) is 2.69. The minimum Gasteiger partial charge on any atom is -0.352 e. The van der Waals surface area contributed by atoms with Crippen molar-refractivity contribution in [2.75, 3.05) is 11.4 Å². The van der Waals surface area contributed by atoms with Crippen LogP contribution in [0.15, 0.2) is 82.6 Å². The Bertz CT molecular complexity index is 1170. The Balaban J connectivity index is 1.62. The van der Waals surface area contributed by atoms with E-state index in [4.69, 9.17) is 0 Å². The first-order valence-electron chi connectivity index (χ1n) is 10.5. The van der Waals surface area contributed by atoms with Gasteiger partial charge < -0.3 is 10.2 Å². The molecule has 1 N–H and O–H groups in total. The Morgan fingerprint density at radius 3 is 2.50 bits per heavy atom. The number of thioether (sulfide) groups is 1. The van der Waals surface area contributed by atoms with Gasteiger partial charge in [-0.2, -0.15) is 0 Å². The van der Waals surface area contributed by atoms with Crippen molar-refractivity contribution in [1.29, 1.82) is 0 Å². The summed E-state index contributed by atoms with van der Waals surface area (Å²) in [4.78, 5) is 28.6. The van der Waals surface area contributed by atoms with Gasteiger partial charge in [0.1, 0.15) is 5.82 Å². The van der Waals surface area contributed by atoms with E-state index in [2.05, 4.69) is 5.32 Å². The summed E-state index contributed by atoms with van der Waals surface area (Å²) < 4.78 is 14.3. The predicted molar refractivity (Wildman–Crippen MR) is 127 cm³/mol. The van der Waals surface area contributed by atoms with E-state index < -0.39 is 0 Å². The highest BCUT2D eigenvalue weighted by atomic mass is 32.2. The number of amides is 2. The molecule has 3 aromatic rings. The molecule has 0 aliphatic carbocycles. The maximum Gasteiger partial charge on any atom is 0.265 e. The molecule has 0 atom stereocenters. The SMILES string of the molecule is CCCNC(=O)c1ccc(C=C2Sc3ccccc3N(Cc3ccccc3F)C2=O)cc1. The molecular formula is C26H23FN2O2S. The van der Waals surface area contributed by atoms with Gasteiger partial charge in [-0.25, -0.2) is 4.39 Å². The Morgan fingerprint density at radius 1 is 1.03 bits per heavy atom. The van der Waals surface area contributed by atoms with Gasteiger partial charge in [0, 0.05) is 22.6 Å². The smallest absolute Gasteiger partial charge is 0.265 e. The van der Waals surface area contributed by atoms with E-state index in [0.717, 1.165) is 22.6 Å². The molecule has 0 saturated carbocycles. The highest BCUT2D eigenvalue weighted by Crippen LogP contribution is 2.42. The molecule has 0 radical (unpaired) electrons. The van der Waals surface area contributed by atoms with Crippen molar-refractivity contribution in [2.45, 2.75) is 24.8 Å². The van der Waals surface area contributed by atoms with E-state index in [1.165, 1.54) is 17.8 Å². The standard InChI is InChI=1S/C26H23FN2O2S/c1-2-15-28-25(30)19-13-11-18(12-14-19)16-24-26(31)29(17-20-7-3-4-8-21(20)27)22-9-5-6-10-23(22)32-24/h3-14,16H,2,15,17H2,1H3,(H,28,30). The molecule has 0 fully saturated rings. The molecule has 0 aromatic heterocycles. The van der Waals surface area contributed by atoms with Gasteiger partial charge >= 0.3 is 0 Å². The molecule has 0 saturated heterocycles. The number of benzene rings is 3. The van der Waals surface area contributed by atoms with Crippen molar-refractivity contribution in [1.82, 2.24) is 5.32 Å². The van der Waals surface area contributed by atoms with E-state index in [0.29, 0.717) is 22.6 Å². The lowest BCUT2D eigenvalue weighted by atomic mass is 10.1. The van der Waals surface area contributed by atoms with Crippen LogP contribution in [0.4, 0.5) is 10.1 Å². The number of nitrogens with zero attached hydrogens (tertiary/aromatic N) is 1. The Morgan fingerprint density at radius 2 is 1.75 bits per heavy atom. The second kappa shape index (κ2) is 9.83. The summed E-state index contributed by atoms with van der Waals surface area (Å²) in [5.41, 5.74) is 2.63. The minimum atomic E-state index is -0.335. The van der Waals surface area contributed by atoms with Crippen LogP contribution in [-0.2, 0) is 11.3 Å². The molecule has 6 heteroatoms. The molecule has 0 unspecified atom stereocenters. The molecular weight excluding hydrogens is 423 g/mol. The molecule has 32 heavy (non-hydrogen) atoms. The normalized spacial score (nSPS) is 14.4. The Kier molecular flexibility index (Phi) is 6.71. The fraction of sp³-hybridized carbons (Fsp3) is 0.154. The van der Waals surface area contributed by atoms with Crippen molar-refractivity contribution in [3.63, 3.8) is 0 Å². The Labute approximate surface area is 191 Å². The number of anilines is 1. The molecule has 1 aliphatic heterocycles. The number of hydrogen-bond acceptors (Lipinski definition) is 3. The number of halogens is 1. The van der Waals surface area contributed by atoms with Crippen molar-refractivity contribution in [3.8, 4) is 0 Å². The first kappa shape index (κ1) is 21.8. The number of para-hydroxylation sites is 1. The van der Waals surface area contributed by atoms with Gasteiger partial charge in [-0.05, 0) is 48.4 Å². The minimum absolute atomic E-state index is 0.112. The molecule has 0 bridgehead atoms. The first-order valence-corrected chi connectivity index (χ1v) is 11.3. The summed E-state index contributed by atoms with van der Waals surface area (Å²) in [7, 11) is 0. The number of carbonyl (C=O) groups is 2. The number of rotatable bonds is 6. The highest BCUT2D eigenvalue weighted by Gasteiger charge is 2.29. The molecule has 1 heterocycles. The van der Waals surface area contributed by atoms with Gasteiger partial charge in [0.05, 0.1) is 17.1 Å². The molecule has 1 aliphatic rings. The Hall–Kier alpha value is -3.38. The topological polar surface area (TPSA) is 49.4 Å². The summed E-state index contributed by atoms with van der Waals surface area (Å²) in [6, 6.07) is 21.3. The monoisotopic (exact) mass is 446 g/mol. The van der Waals surface area contributed by atoms with Crippen LogP contribution in [0.3, 0.4) is 0 Å². The van der Waals surface area contributed by atoms with Crippen LogP contribution in [0, 0.1) is 5.82 Å². The third kappa shape index (κ3) is 4.75. The molecule has 4 rings (SSSR count). The number of fused-ring (bicyclic) bond motifs is 1. The number of nitrogens with one attached hydrogen (secondary N) is 1. The molecule has 0 spiro atoms. The lowest BCUT2D eigenvalue weighted by Crippen LogP contribution is -2.34. The fourth-order valence-electron chi connectivity index (χ4n) is 3.44. The van der Waals surface area contributed by atoms with Crippen molar-refractivity contribution < 1.29 is 14.0 Å². The third-order valence-corrected chi connectivity index (χ3v) is 6.20. The van der Waals surface area contributed by atoms with E-state index >= 15 is 0 Å². The number of hydrogen-bond donors (Lipinski definition) is 1. The fourth-order valence-corrected chi connectivity index (χ4v) is 4.50. The van der Waals surface area contributed by atoms with E-state index in [9.17, 15) is 14.0 Å². The summed E-state index contributed by atoms with van der Waals surface area (Å²) in [5, 5.41) is 2.85. The average Bonchev–Trinajstić information content (AvgIpc) is 2.82. The van der Waals surface area contributed by atoms with Gasteiger partial charge in [0.15, 0.2) is 0 Å². The van der Waals surface area contributed by atoms with E-state index in [1.54, 1.807) is 35.2 Å². The molecule has 3 aromatic carbocycles. The van der Waals surface area contributed by atoms with Crippen LogP contribution < -0.4 is 10.2 Å². The van der Waals surface area contributed by atoms with Crippen molar-refractivity contribution in [3.05, 3.63) is 100 Å². The quantitative estimate of drug-likeness (QED) is 0.498. The van der Waals surface area contributed by atoms with Crippen molar-refractivity contribution in [2.24, 2.45) is 0 Å². The van der Waals surface area contributed by atoms with E-state index in [-0.39, 0.29) is 24.2 Å². The lowest BCUT2D eigenvalue weighted by molar-refractivity contribution is -0.114. The maximum atomic E-state index is 14.3. The summed E-state index contributed by atoms with van der Waals surface area (Å²) in [6.45, 7) is 2.78. The van der Waals surface area contributed by atoms with Gasteiger partial charge in [0.2, 0.25) is 0 Å². The maximum absolute atomic E-state index is 14.3. The predicted octanol–water partition coefficient (Wildman–Crippen LogP) is 5.65. The number of carbonyl (C=O) groups excluding carboxylic acids is 2. The van der Waals surface area contributed by atoms with Crippen LogP contribution in [0.2, 0.25) is 0 Å². The first-order chi connectivity index (χ1) is 15.6. The summed E-state index contributed by atoms with van der Waals surface area (Å²) in [5.74, 6) is -0.626. The second-order valence-corrected chi connectivity index (χ2v) is 8.52. The van der Waals surface area contributed by atoms with Crippen molar-refractivity contribution >= 4 is 35.3 Å². The average molecular weight is 447 g/mol. The lowest BCUT2D eigenvalue weighted by Gasteiger charge is -2.30. The second-order valence-electron chi connectivity index (χ2n) is 7.44. The summed E-state index contributed by atoms with van der Waals surface area (Å²) >= 11 is 1.40. The molecule has 2 amide bonds. The largest absolute Gasteiger partial charge is 0.352 e. The molecule has 4 nitrogen and oxygen atoms in total. The highest BCUT2D eigenvalue weighted by molar-refractivity contribution is 8.04. The molecule has 162 valence electrons.